The Morgan fingerprint density at radius 2 is 0.949 bits per heavy atom. The van der Waals surface area contributed by atoms with E-state index in [-0.39, 0.29) is 68.3 Å². The number of benzene rings is 5. The molecule has 5 aromatic carbocycles. The molecule has 6 N–H and O–H groups in total. The third-order valence-corrected chi connectivity index (χ3v) is 11.1. The van der Waals surface area contributed by atoms with Crippen molar-refractivity contribution in [2.45, 2.75) is 25.7 Å². The molecular formula is C46H45N5O8. The number of carbonyl (C=O) groups excluding carboxylic acids is 4. The molecule has 3 aliphatic heterocycles. The second kappa shape index (κ2) is 16.9. The van der Waals surface area contributed by atoms with Gasteiger partial charge in [-0.1, -0.05) is 72.8 Å². The van der Waals surface area contributed by atoms with Gasteiger partial charge in [-0.2, -0.15) is 0 Å². The number of carbonyl (C=O) groups is 4. The third-order valence-electron chi connectivity index (χ3n) is 11.1. The molecule has 0 unspecified atom stereocenters. The van der Waals surface area contributed by atoms with Crippen molar-refractivity contribution in [3.63, 3.8) is 0 Å². The van der Waals surface area contributed by atoms with E-state index in [9.17, 15) is 29.4 Å². The maximum atomic E-state index is 13.4. The number of fused-ring (bicyclic) bond motifs is 13. The van der Waals surface area contributed by atoms with Crippen molar-refractivity contribution in [2.24, 2.45) is 0 Å². The van der Waals surface area contributed by atoms with Crippen LogP contribution >= 0.6 is 0 Å². The highest BCUT2D eigenvalue weighted by Crippen LogP contribution is 2.38. The number of hydrogen-bond donors (Lipinski definition) is 5. The number of rotatable bonds is 3. The van der Waals surface area contributed by atoms with Crippen LogP contribution in [0, 0.1) is 0 Å². The topological polar surface area (TPSA) is 184 Å². The molecule has 0 saturated heterocycles. The van der Waals surface area contributed by atoms with Crippen LogP contribution in [0.3, 0.4) is 0 Å². The van der Waals surface area contributed by atoms with Gasteiger partial charge in [-0.05, 0) is 62.7 Å². The highest BCUT2D eigenvalue weighted by Gasteiger charge is 2.35. The van der Waals surface area contributed by atoms with Crippen molar-refractivity contribution in [2.75, 3.05) is 58.2 Å². The predicted octanol–water partition coefficient (Wildman–Crippen LogP) is 3.96. The monoisotopic (exact) mass is 795 g/mol. The zero-order chi connectivity index (χ0) is 41.0. The number of hydrogen-bond acceptors (Lipinski definition) is 10. The number of nitrogen functional groups attached to an aromatic ring is 1. The van der Waals surface area contributed by atoms with Gasteiger partial charge >= 0.3 is 0 Å². The molecule has 5 aromatic rings. The molecule has 59 heavy (non-hydrogen) atoms. The molecular weight excluding hydrogens is 751 g/mol. The molecule has 0 spiro atoms. The van der Waals surface area contributed by atoms with Crippen molar-refractivity contribution < 1.29 is 38.9 Å². The van der Waals surface area contributed by atoms with Crippen LogP contribution in [0.4, 0.5) is 5.69 Å². The first-order valence-corrected chi connectivity index (χ1v) is 19.7. The van der Waals surface area contributed by atoms with Gasteiger partial charge in [0.05, 0.1) is 11.1 Å². The second-order valence-electron chi connectivity index (χ2n) is 15.1. The number of para-hydroxylation sites is 4. The van der Waals surface area contributed by atoms with Gasteiger partial charge < -0.3 is 36.1 Å². The van der Waals surface area contributed by atoms with Crippen LogP contribution in [0.1, 0.15) is 65.2 Å². The Bertz CT molecular complexity index is 2250. The first-order chi connectivity index (χ1) is 28.6. The van der Waals surface area contributed by atoms with Gasteiger partial charge in [0.1, 0.15) is 23.0 Å². The fourth-order valence-electron chi connectivity index (χ4n) is 8.06. The Kier molecular flexibility index (Phi) is 11.2. The number of anilines is 1. The van der Waals surface area contributed by atoms with E-state index in [0.717, 1.165) is 22.3 Å². The molecule has 3 heterocycles. The molecule has 0 saturated carbocycles. The van der Waals surface area contributed by atoms with Crippen LogP contribution < -0.4 is 25.8 Å². The summed E-state index contributed by atoms with van der Waals surface area (Å²) in [4.78, 5) is 56.2. The number of aromatic hydroxyl groups is 2. The molecule has 0 aromatic heterocycles. The van der Waals surface area contributed by atoms with Gasteiger partial charge in [0.25, 0.3) is 23.6 Å². The summed E-state index contributed by atoms with van der Waals surface area (Å²) < 4.78 is 12.7. The van der Waals surface area contributed by atoms with E-state index >= 15 is 0 Å². The smallest absolute Gasteiger partial charge is 0.261 e. The first-order valence-electron chi connectivity index (χ1n) is 19.7. The Labute approximate surface area is 341 Å². The van der Waals surface area contributed by atoms with E-state index in [1.54, 1.807) is 12.1 Å². The van der Waals surface area contributed by atoms with E-state index < -0.39 is 11.8 Å². The highest BCUT2D eigenvalue weighted by atomic mass is 16.5. The number of ether oxygens (including phenoxy) is 2. The van der Waals surface area contributed by atoms with Gasteiger partial charge in [-0.3, -0.25) is 29.0 Å². The number of phenols is 2. The fraction of sp³-hybridized carbons (Fsp3) is 0.261. The lowest BCUT2D eigenvalue weighted by atomic mass is 9.91. The summed E-state index contributed by atoms with van der Waals surface area (Å²) in [5.41, 5.74) is 12.5. The Balaban J connectivity index is 1.12. The molecule has 9 rings (SSSR count). The Morgan fingerprint density at radius 3 is 1.39 bits per heavy atom. The molecule has 0 fully saturated rings. The van der Waals surface area contributed by atoms with Crippen molar-refractivity contribution in [1.82, 2.24) is 20.4 Å². The average Bonchev–Trinajstić information content (AvgIpc) is 3.45. The molecule has 0 radical (unpaired) electrons. The van der Waals surface area contributed by atoms with E-state index in [1.807, 2.05) is 77.7 Å². The lowest BCUT2D eigenvalue weighted by Gasteiger charge is -2.25. The summed E-state index contributed by atoms with van der Waals surface area (Å²) in [5, 5.41) is 29.2. The number of imide groups is 1. The molecule has 13 nitrogen and oxygen atoms in total. The van der Waals surface area contributed by atoms with Gasteiger partial charge in [0.15, 0.2) is 13.2 Å². The zero-order valence-corrected chi connectivity index (χ0v) is 32.5. The van der Waals surface area contributed by atoms with Crippen LogP contribution in [-0.2, 0) is 35.3 Å². The van der Waals surface area contributed by atoms with Crippen molar-refractivity contribution >= 4 is 29.3 Å². The minimum atomic E-state index is -0.420. The molecule has 1 aliphatic carbocycles. The number of nitrogens with one attached hydrogen (secondary N) is 2. The summed E-state index contributed by atoms with van der Waals surface area (Å²) in [6, 6.07) is 27.3. The first kappa shape index (κ1) is 39.0. The second-order valence-corrected chi connectivity index (χ2v) is 15.1. The van der Waals surface area contributed by atoms with Crippen LogP contribution in [0.15, 0.2) is 91.0 Å². The SMILES string of the molecule is Nc1ccc2c(c1)C(=O)N(CCN1CCNC(=O)COc3c4cccc3Cc3cccc(c3O)Cc3cccc(c3OCC(=O)NCC1)Cc1cccc(c1O)C4)C2=O. The van der Waals surface area contributed by atoms with E-state index in [1.165, 1.54) is 11.0 Å². The van der Waals surface area contributed by atoms with Gasteiger partial charge in [0.2, 0.25) is 0 Å². The molecule has 4 aliphatic rings. The summed E-state index contributed by atoms with van der Waals surface area (Å²) in [7, 11) is 0. The van der Waals surface area contributed by atoms with Gasteiger partial charge in [0, 0.05) is 70.6 Å². The number of nitrogens with zero attached hydrogens (tertiary/aromatic N) is 2. The fourth-order valence-corrected chi connectivity index (χ4v) is 8.06. The minimum absolute atomic E-state index is 0.0920. The summed E-state index contributed by atoms with van der Waals surface area (Å²) in [6.07, 6.45) is 1.20. The van der Waals surface area contributed by atoms with Crippen LogP contribution in [0.2, 0.25) is 0 Å². The molecule has 13 heteroatoms. The summed E-state index contributed by atoms with van der Waals surface area (Å²) >= 11 is 0. The lowest BCUT2D eigenvalue weighted by molar-refractivity contribution is -0.123. The molecule has 10 bridgehead atoms. The van der Waals surface area contributed by atoms with E-state index in [0.29, 0.717) is 83.8 Å². The molecule has 4 amide bonds. The standard InChI is InChI=1S/C46H45N5O8/c47-36-13-14-37-38(25-36)46(57)51(45(37)56)20-19-50-17-15-48-39(52)26-58-43-32-9-3-11-34(43)23-30-7-2-8-31(42(30)55)24-35-12-4-10-33(44(35)59-27-40(53)49-16-18-50)22-29-6-1-5-28(21-32)41(29)54/h1-14,25,54-55H,15-24,26-27,47H2,(H,48,52)(H,49,53). The Morgan fingerprint density at radius 1 is 0.542 bits per heavy atom. The lowest BCUT2D eigenvalue weighted by Crippen LogP contribution is -2.45. The molecule has 0 atom stereocenters. The van der Waals surface area contributed by atoms with Crippen molar-refractivity contribution in [1.29, 1.82) is 0 Å². The zero-order valence-electron chi connectivity index (χ0n) is 32.5. The molecule has 302 valence electrons. The highest BCUT2D eigenvalue weighted by molar-refractivity contribution is 6.21. The maximum absolute atomic E-state index is 13.4. The number of amides is 4. The van der Waals surface area contributed by atoms with Gasteiger partial charge in [-0.25, -0.2) is 0 Å². The van der Waals surface area contributed by atoms with E-state index in [4.69, 9.17) is 15.2 Å². The maximum Gasteiger partial charge on any atom is 0.261 e. The normalized spacial score (nSPS) is 16.4. The van der Waals surface area contributed by atoms with Crippen molar-refractivity contribution in [3.8, 4) is 23.0 Å². The quantitative estimate of drug-likeness (QED) is 0.0999. The number of phenolic OH excluding ortho intramolecular Hbond substituents is 2. The van der Waals surface area contributed by atoms with E-state index in [2.05, 4.69) is 10.6 Å². The van der Waals surface area contributed by atoms with Crippen LogP contribution in [-0.4, -0.2) is 96.1 Å². The summed E-state index contributed by atoms with van der Waals surface area (Å²) in [5.74, 6) is -0.314. The summed E-state index contributed by atoms with van der Waals surface area (Å²) in [6.45, 7) is 0.903. The number of nitrogens with two attached hydrogens (primary N) is 1. The average molecular weight is 796 g/mol. The third kappa shape index (κ3) is 8.42. The van der Waals surface area contributed by atoms with Gasteiger partial charge in [-0.15, -0.1) is 0 Å². The van der Waals surface area contributed by atoms with Crippen LogP contribution in [0.5, 0.6) is 23.0 Å². The predicted molar refractivity (Wildman–Crippen MR) is 220 cm³/mol. The largest absolute Gasteiger partial charge is 0.507 e. The van der Waals surface area contributed by atoms with Crippen molar-refractivity contribution in [3.05, 3.63) is 147 Å². The minimum Gasteiger partial charge on any atom is -0.507 e. The van der Waals surface area contributed by atoms with Crippen LogP contribution in [0.25, 0.3) is 0 Å². The Hall–Kier alpha value is -6.86.